The summed E-state index contributed by atoms with van der Waals surface area (Å²) in [5, 5.41) is 16.4. The van der Waals surface area contributed by atoms with Crippen LogP contribution in [0.2, 0.25) is 0 Å². The number of amides is 1. The molecule has 2 aromatic rings. The number of carbonyl (C=O) groups is 1. The second kappa shape index (κ2) is 11.1. The molecule has 0 radical (unpaired) electrons. The molecular weight excluding hydrogens is 378 g/mol. The predicted molar refractivity (Wildman–Crippen MR) is 121 cm³/mol. The molecule has 0 aromatic heterocycles. The van der Waals surface area contributed by atoms with Gasteiger partial charge in [-0.1, -0.05) is 30.3 Å². The number of anilines is 1. The van der Waals surface area contributed by atoms with E-state index in [1.54, 1.807) is 6.07 Å². The molecule has 3 N–H and O–H groups in total. The number of piperazine rings is 1. The maximum atomic E-state index is 12.1. The van der Waals surface area contributed by atoms with Gasteiger partial charge in [-0.3, -0.25) is 9.79 Å². The van der Waals surface area contributed by atoms with Crippen LogP contribution in [0.1, 0.15) is 23.7 Å². The number of hydrogen-bond donors (Lipinski definition) is 3. The van der Waals surface area contributed by atoms with Crippen molar-refractivity contribution in [2.24, 2.45) is 4.99 Å². The molecule has 1 saturated heterocycles. The lowest BCUT2D eigenvalue weighted by Crippen LogP contribution is -2.52. The van der Waals surface area contributed by atoms with Gasteiger partial charge in [-0.15, -0.1) is 0 Å². The van der Waals surface area contributed by atoms with Crippen LogP contribution in [0.15, 0.2) is 59.6 Å². The van der Waals surface area contributed by atoms with E-state index in [2.05, 4.69) is 27.4 Å². The van der Waals surface area contributed by atoms with Gasteiger partial charge in [-0.05, 0) is 37.6 Å². The van der Waals surface area contributed by atoms with Crippen LogP contribution in [-0.4, -0.2) is 67.7 Å². The van der Waals surface area contributed by atoms with Gasteiger partial charge in [0.1, 0.15) is 5.75 Å². The third-order valence-corrected chi connectivity index (χ3v) is 5.05. The smallest absolute Gasteiger partial charge is 0.251 e. The predicted octanol–water partition coefficient (Wildman–Crippen LogP) is 2.30. The summed E-state index contributed by atoms with van der Waals surface area (Å²) in [5.74, 6) is 1.18. The molecule has 1 aliphatic rings. The Morgan fingerprint density at radius 3 is 2.40 bits per heavy atom. The topological polar surface area (TPSA) is 80.2 Å². The van der Waals surface area contributed by atoms with E-state index in [9.17, 15) is 9.90 Å². The van der Waals surface area contributed by atoms with Crippen LogP contribution in [0.4, 0.5) is 5.69 Å². The average molecular weight is 410 g/mol. The van der Waals surface area contributed by atoms with E-state index in [0.717, 1.165) is 50.8 Å². The molecule has 1 fully saturated rings. The quantitative estimate of drug-likeness (QED) is 0.371. The van der Waals surface area contributed by atoms with E-state index in [1.165, 1.54) is 0 Å². The first-order valence-electron chi connectivity index (χ1n) is 10.6. The standard InChI is InChI=1S/C23H31N5O2/c1-2-24-23(26-14-8-13-25-22(30)19-9-4-3-5-10-19)28-17-15-27(16-18-28)20-11-6-7-12-21(20)29/h3-7,9-12,29H,2,8,13-18H2,1H3,(H,24,26)(H,25,30). The Hall–Kier alpha value is -3.22. The first-order valence-corrected chi connectivity index (χ1v) is 10.6. The Bertz CT molecular complexity index is 832. The number of rotatable bonds is 7. The summed E-state index contributed by atoms with van der Waals surface area (Å²) >= 11 is 0. The number of aliphatic imine (C=N–C) groups is 1. The van der Waals surface area contributed by atoms with Crippen LogP contribution >= 0.6 is 0 Å². The van der Waals surface area contributed by atoms with E-state index in [-0.39, 0.29) is 5.91 Å². The van der Waals surface area contributed by atoms with Gasteiger partial charge in [0.25, 0.3) is 5.91 Å². The molecule has 7 heteroatoms. The van der Waals surface area contributed by atoms with Gasteiger partial charge in [0.15, 0.2) is 5.96 Å². The lowest BCUT2D eigenvalue weighted by Gasteiger charge is -2.37. The maximum absolute atomic E-state index is 12.1. The molecule has 0 saturated carbocycles. The molecule has 2 aromatic carbocycles. The Morgan fingerprint density at radius 1 is 1.00 bits per heavy atom. The molecule has 1 aliphatic heterocycles. The summed E-state index contributed by atoms with van der Waals surface area (Å²) in [5.41, 5.74) is 1.56. The van der Waals surface area contributed by atoms with Gasteiger partial charge in [-0.2, -0.15) is 0 Å². The molecule has 0 aliphatic carbocycles. The SMILES string of the molecule is CCNC(=NCCCNC(=O)c1ccccc1)N1CCN(c2ccccc2O)CC1. The second-order valence-electron chi connectivity index (χ2n) is 7.17. The molecule has 7 nitrogen and oxygen atoms in total. The van der Waals surface area contributed by atoms with Crippen LogP contribution in [0.5, 0.6) is 5.75 Å². The number of phenols is 1. The van der Waals surface area contributed by atoms with Crippen LogP contribution in [0.25, 0.3) is 0 Å². The van der Waals surface area contributed by atoms with Gasteiger partial charge >= 0.3 is 0 Å². The molecule has 1 amide bonds. The molecule has 3 rings (SSSR count). The zero-order chi connectivity index (χ0) is 21.2. The van der Waals surface area contributed by atoms with Gasteiger partial charge in [-0.25, -0.2) is 0 Å². The number of phenolic OH excluding ortho intramolecular Hbond substituents is 1. The monoisotopic (exact) mass is 409 g/mol. The third-order valence-electron chi connectivity index (χ3n) is 5.05. The minimum absolute atomic E-state index is 0.0493. The lowest BCUT2D eigenvalue weighted by atomic mass is 10.2. The van der Waals surface area contributed by atoms with Gasteiger partial charge in [0.05, 0.1) is 5.69 Å². The molecule has 30 heavy (non-hydrogen) atoms. The van der Waals surface area contributed by atoms with Crippen molar-refractivity contribution in [1.82, 2.24) is 15.5 Å². The highest BCUT2D eigenvalue weighted by atomic mass is 16.3. The number of nitrogens with zero attached hydrogens (tertiary/aromatic N) is 3. The number of aromatic hydroxyl groups is 1. The highest BCUT2D eigenvalue weighted by Crippen LogP contribution is 2.27. The van der Waals surface area contributed by atoms with Crippen molar-refractivity contribution >= 4 is 17.6 Å². The zero-order valence-corrected chi connectivity index (χ0v) is 17.6. The lowest BCUT2D eigenvalue weighted by molar-refractivity contribution is 0.0953. The summed E-state index contributed by atoms with van der Waals surface area (Å²) in [7, 11) is 0. The Labute approximate surface area is 178 Å². The second-order valence-corrected chi connectivity index (χ2v) is 7.17. The number of hydrogen-bond acceptors (Lipinski definition) is 4. The third kappa shape index (κ3) is 5.89. The van der Waals surface area contributed by atoms with Crippen molar-refractivity contribution in [2.75, 3.05) is 50.7 Å². The Balaban J connectivity index is 1.45. The first kappa shape index (κ1) is 21.5. The summed E-state index contributed by atoms with van der Waals surface area (Å²) in [6.07, 6.45) is 0.783. The van der Waals surface area contributed by atoms with Gasteiger partial charge in [0, 0.05) is 51.4 Å². The first-order chi connectivity index (χ1) is 14.7. The van der Waals surface area contributed by atoms with Gasteiger partial charge in [0.2, 0.25) is 0 Å². The highest BCUT2D eigenvalue weighted by molar-refractivity contribution is 5.94. The maximum Gasteiger partial charge on any atom is 0.251 e. The van der Waals surface area contributed by atoms with E-state index < -0.39 is 0 Å². The fourth-order valence-electron chi connectivity index (χ4n) is 3.47. The molecular formula is C23H31N5O2. The fourth-order valence-corrected chi connectivity index (χ4v) is 3.47. The molecule has 0 spiro atoms. The molecule has 0 atom stereocenters. The van der Waals surface area contributed by atoms with E-state index in [4.69, 9.17) is 4.99 Å². The van der Waals surface area contributed by atoms with Crippen molar-refractivity contribution in [3.05, 3.63) is 60.2 Å². The molecule has 160 valence electrons. The Kier molecular flexibility index (Phi) is 7.94. The zero-order valence-electron chi connectivity index (χ0n) is 17.6. The van der Waals surface area contributed by atoms with Crippen LogP contribution < -0.4 is 15.5 Å². The molecule has 0 unspecified atom stereocenters. The Morgan fingerprint density at radius 2 is 1.70 bits per heavy atom. The van der Waals surface area contributed by atoms with E-state index >= 15 is 0 Å². The minimum atomic E-state index is -0.0493. The highest BCUT2D eigenvalue weighted by Gasteiger charge is 2.21. The van der Waals surface area contributed by atoms with Crippen molar-refractivity contribution in [3.8, 4) is 5.75 Å². The van der Waals surface area contributed by atoms with Crippen LogP contribution in [0, 0.1) is 0 Å². The fraction of sp³-hybridized carbons (Fsp3) is 0.391. The van der Waals surface area contributed by atoms with Crippen LogP contribution in [-0.2, 0) is 0 Å². The number of benzene rings is 2. The van der Waals surface area contributed by atoms with Gasteiger partial charge < -0.3 is 25.5 Å². The van der Waals surface area contributed by atoms with E-state index in [1.807, 2.05) is 48.5 Å². The van der Waals surface area contributed by atoms with Crippen molar-refractivity contribution in [2.45, 2.75) is 13.3 Å². The summed E-state index contributed by atoms with van der Waals surface area (Å²) in [6.45, 7) is 7.45. The van der Waals surface area contributed by atoms with Crippen molar-refractivity contribution < 1.29 is 9.90 Å². The number of guanidine groups is 1. The van der Waals surface area contributed by atoms with Crippen LogP contribution in [0.3, 0.4) is 0 Å². The number of nitrogens with one attached hydrogen (secondary N) is 2. The number of para-hydroxylation sites is 2. The van der Waals surface area contributed by atoms with Crippen molar-refractivity contribution in [3.63, 3.8) is 0 Å². The average Bonchev–Trinajstić information content (AvgIpc) is 2.79. The normalized spacial score (nSPS) is 14.5. The molecule has 0 bridgehead atoms. The minimum Gasteiger partial charge on any atom is -0.506 e. The summed E-state index contributed by atoms with van der Waals surface area (Å²) in [6, 6.07) is 16.7. The van der Waals surface area contributed by atoms with E-state index in [0.29, 0.717) is 24.4 Å². The number of carbonyl (C=O) groups excluding carboxylic acids is 1. The molecule has 1 heterocycles. The summed E-state index contributed by atoms with van der Waals surface area (Å²) in [4.78, 5) is 21.3. The van der Waals surface area contributed by atoms with Crippen molar-refractivity contribution in [1.29, 1.82) is 0 Å². The largest absolute Gasteiger partial charge is 0.506 e. The summed E-state index contributed by atoms with van der Waals surface area (Å²) < 4.78 is 0.